The summed E-state index contributed by atoms with van der Waals surface area (Å²) in [5, 5.41) is 0. The normalized spacial score (nSPS) is 22.5. The lowest BCUT2D eigenvalue weighted by Crippen LogP contribution is -2.46. The van der Waals surface area contributed by atoms with Gasteiger partial charge in [0.1, 0.15) is 5.84 Å². The third-order valence-electron chi connectivity index (χ3n) is 2.34. The molecule has 0 radical (unpaired) electrons. The Morgan fingerprint density at radius 2 is 2.47 bits per heavy atom. The van der Waals surface area contributed by atoms with Crippen molar-refractivity contribution in [1.82, 2.24) is 4.90 Å². The largest absolute Gasteiger partial charge is 0.385 e. The molecule has 5 nitrogen and oxygen atoms in total. The lowest BCUT2D eigenvalue weighted by molar-refractivity contribution is 0.128. The number of carbonyl (C=O) groups excluding carboxylic acids is 1. The maximum absolute atomic E-state index is 11.4. The number of hydrogen-bond acceptors (Lipinski definition) is 3. The second-order valence-corrected chi connectivity index (χ2v) is 3.53. The van der Waals surface area contributed by atoms with E-state index in [9.17, 15) is 4.79 Å². The van der Waals surface area contributed by atoms with Crippen molar-refractivity contribution in [3.63, 3.8) is 0 Å². The number of ether oxygens (including phenoxy) is 1. The Kier molecular flexibility index (Phi) is 3.69. The molecule has 1 aliphatic rings. The molecule has 0 aromatic carbocycles. The van der Waals surface area contributed by atoms with Gasteiger partial charge in [0.25, 0.3) is 0 Å². The van der Waals surface area contributed by atoms with Gasteiger partial charge in [-0.1, -0.05) is 12.8 Å². The number of nitrogens with zero attached hydrogens (tertiary/aromatic N) is 2. The van der Waals surface area contributed by atoms with Crippen LogP contribution in [0.5, 0.6) is 0 Å². The van der Waals surface area contributed by atoms with Gasteiger partial charge in [-0.25, -0.2) is 4.79 Å². The molecule has 15 heavy (non-hydrogen) atoms. The minimum absolute atomic E-state index is 0.0820. The number of rotatable bonds is 4. The summed E-state index contributed by atoms with van der Waals surface area (Å²) in [7, 11) is 1.60. The summed E-state index contributed by atoms with van der Waals surface area (Å²) in [6, 6.07) is -0.605. The summed E-state index contributed by atoms with van der Waals surface area (Å²) >= 11 is 0. The fourth-order valence-corrected chi connectivity index (χ4v) is 1.74. The second kappa shape index (κ2) is 4.80. The molecule has 0 aromatic rings. The van der Waals surface area contributed by atoms with Crippen molar-refractivity contribution in [1.29, 1.82) is 0 Å². The van der Waals surface area contributed by atoms with Gasteiger partial charge < -0.3 is 15.4 Å². The number of aliphatic imine (C=N–C) groups is 1. The summed E-state index contributed by atoms with van der Waals surface area (Å²) in [5.74, 6) is 2.82. The SMILES string of the molecule is C#CCN1C(=O)N=C(N)C1C(C)COC. The van der Waals surface area contributed by atoms with Crippen molar-refractivity contribution >= 4 is 11.9 Å². The van der Waals surface area contributed by atoms with Crippen molar-refractivity contribution in [3.05, 3.63) is 0 Å². The monoisotopic (exact) mass is 209 g/mol. The first kappa shape index (κ1) is 11.5. The quantitative estimate of drug-likeness (QED) is 0.666. The van der Waals surface area contributed by atoms with Crippen LogP contribution in [-0.4, -0.2) is 43.1 Å². The zero-order valence-electron chi connectivity index (χ0n) is 8.93. The van der Waals surface area contributed by atoms with E-state index in [4.69, 9.17) is 16.9 Å². The van der Waals surface area contributed by atoms with E-state index < -0.39 is 0 Å². The average molecular weight is 209 g/mol. The van der Waals surface area contributed by atoms with Crippen LogP contribution in [0.2, 0.25) is 0 Å². The van der Waals surface area contributed by atoms with Crippen LogP contribution in [0.3, 0.4) is 0 Å². The van der Waals surface area contributed by atoms with Gasteiger partial charge in [0.05, 0.1) is 19.2 Å². The lowest BCUT2D eigenvalue weighted by atomic mass is 10.0. The minimum atomic E-state index is -0.363. The highest BCUT2D eigenvalue weighted by Gasteiger charge is 2.36. The van der Waals surface area contributed by atoms with Gasteiger partial charge in [-0.3, -0.25) is 0 Å². The van der Waals surface area contributed by atoms with Crippen LogP contribution in [0.1, 0.15) is 6.92 Å². The molecule has 1 aliphatic heterocycles. The summed E-state index contributed by atoms with van der Waals surface area (Å²) in [5.41, 5.74) is 5.68. The van der Waals surface area contributed by atoms with Crippen molar-refractivity contribution in [2.24, 2.45) is 16.6 Å². The van der Waals surface area contributed by atoms with Gasteiger partial charge >= 0.3 is 6.03 Å². The first-order valence-corrected chi connectivity index (χ1v) is 4.68. The molecule has 0 aromatic heterocycles. The van der Waals surface area contributed by atoms with E-state index in [0.717, 1.165) is 0 Å². The van der Waals surface area contributed by atoms with Crippen LogP contribution in [0.15, 0.2) is 4.99 Å². The zero-order chi connectivity index (χ0) is 11.4. The number of hydrogen-bond donors (Lipinski definition) is 1. The molecular weight excluding hydrogens is 194 g/mol. The number of amides is 2. The van der Waals surface area contributed by atoms with Gasteiger partial charge in [-0.05, 0) is 0 Å². The van der Waals surface area contributed by atoms with Crippen molar-refractivity contribution in [2.45, 2.75) is 13.0 Å². The Bertz CT molecular complexity index is 319. The highest BCUT2D eigenvalue weighted by atomic mass is 16.5. The Morgan fingerprint density at radius 1 is 1.80 bits per heavy atom. The molecule has 0 bridgehead atoms. The predicted octanol–water partition coefficient (Wildman–Crippen LogP) is 0.0635. The number of amidine groups is 1. The molecule has 82 valence electrons. The van der Waals surface area contributed by atoms with Crippen LogP contribution < -0.4 is 5.73 Å². The smallest absolute Gasteiger partial charge is 0.346 e. The Labute approximate surface area is 89.3 Å². The van der Waals surface area contributed by atoms with Gasteiger partial charge in [0.2, 0.25) is 0 Å². The molecule has 1 heterocycles. The van der Waals surface area contributed by atoms with E-state index in [0.29, 0.717) is 12.4 Å². The maximum atomic E-state index is 11.4. The maximum Gasteiger partial charge on any atom is 0.346 e. The first-order chi connectivity index (χ1) is 7.11. The number of urea groups is 1. The molecule has 2 amide bonds. The van der Waals surface area contributed by atoms with Crippen LogP contribution >= 0.6 is 0 Å². The van der Waals surface area contributed by atoms with E-state index in [1.54, 1.807) is 7.11 Å². The fraction of sp³-hybridized carbons (Fsp3) is 0.600. The van der Waals surface area contributed by atoms with Gasteiger partial charge in [-0.2, -0.15) is 4.99 Å². The molecule has 2 N–H and O–H groups in total. The highest BCUT2D eigenvalue weighted by molar-refractivity contribution is 6.03. The van der Waals surface area contributed by atoms with Crippen LogP contribution in [0, 0.1) is 18.3 Å². The number of terminal acetylenes is 1. The molecule has 0 spiro atoms. The van der Waals surface area contributed by atoms with Gasteiger partial charge in [-0.15, -0.1) is 6.42 Å². The number of carbonyl (C=O) groups is 1. The van der Waals surface area contributed by atoms with Crippen molar-refractivity contribution in [3.8, 4) is 12.3 Å². The molecular formula is C10H15N3O2. The summed E-state index contributed by atoms with van der Waals surface area (Å²) < 4.78 is 5.03. The fourth-order valence-electron chi connectivity index (χ4n) is 1.74. The van der Waals surface area contributed by atoms with Crippen LogP contribution in [0.25, 0.3) is 0 Å². The molecule has 0 saturated carbocycles. The summed E-state index contributed by atoms with van der Waals surface area (Å²) in [6.45, 7) is 2.68. The van der Waals surface area contributed by atoms with Crippen molar-refractivity contribution in [2.75, 3.05) is 20.3 Å². The van der Waals surface area contributed by atoms with E-state index >= 15 is 0 Å². The Morgan fingerprint density at radius 3 is 3.00 bits per heavy atom. The lowest BCUT2D eigenvalue weighted by Gasteiger charge is -2.27. The molecule has 1 rings (SSSR count). The Hall–Kier alpha value is -1.54. The topological polar surface area (TPSA) is 67.9 Å². The molecule has 5 heteroatoms. The third-order valence-corrected chi connectivity index (χ3v) is 2.34. The van der Waals surface area contributed by atoms with Gasteiger partial charge in [0, 0.05) is 13.0 Å². The summed E-state index contributed by atoms with van der Waals surface area (Å²) in [4.78, 5) is 16.6. The molecule has 2 unspecified atom stereocenters. The van der Waals surface area contributed by atoms with E-state index in [2.05, 4.69) is 10.9 Å². The van der Waals surface area contributed by atoms with E-state index in [1.165, 1.54) is 4.90 Å². The number of nitrogens with two attached hydrogens (primary N) is 1. The molecule has 0 fully saturated rings. The van der Waals surface area contributed by atoms with Gasteiger partial charge in [0.15, 0.2) is 0 Å². The van der Waals surface area contributed by atoms with E-state index in [-0.39, 0.29) is 24.5 Å². The zero-order valence-corrected chi connectivity index (χ0v) is 8.93. The van der Waals surface area contributed by atoms with E-state index in [1.807, 2.05) is 6.92 Å². The molecule has 0 aliphatic carbocycles. The Balaban J connectivity index is 2.79. The molecule has 2 atom stereocenters. The first-order valence-electron chi connectivity index (χ1n) is 4.68. The second-order valence-electron chi connectivity index (χ2n) is 3.53. The summed E-state index contributed by atoms with van der Waals surface area (Å²) in [6.07, 6.45) is 5.19. The van der Waals surface area contributed by atoms with Crippen LogP contribution in [-0.2, 0) is 4.74 Å². The third kappa shape index (κ3) is 2.28. The minimum Gasteiger partial charge on any atom is -0.385 e. The number of methoxy groups -OCH3 is 1. The standard InChI is InChI=1S/C10H15N3O2/c1-4-5-13-8(7(2)6-15-3)9(11)12-10(13)14/h1,7-8H,5-6H2,2-3H3,(H2,11,12,14). The van der Waals surface area contributed by atoms with Crippen LogP contribution in [0.4, 0.5) is 4.79 Å². The van der Waals surface area contributed by atoms with Crippen molar-refractivity contribution < 1.29 is 9.53 Å². The average Bonchev–Trinajstić information content (AvgIpc) is 2.43. The molecule has 0 saturated heterocycles. The highest BCUT2D eigenvalue weighted by Crippen LogP contribution is 2.18. The predicted molar refractivity (Wildman–Crippen MR) is 57.4 cm³/mol.